The molecule has 2 N–H and O–H groups in total. The second-order valence-corrected chi connectivity index (χ2v) is 5.99. The number of carbonyl (C=O) groups excluding carboxylic acids is 1. The van der Waals surface area contributed by atoms with Crippen molar-refractivity contribution < 1.29 is 19.4 Å². The van der Waals surface area contributed by atoms with Crippen LogP contribution in [0.15, 0.2) is 18.2 Å². The molecule has 3 rings (SSSR count). The maximum Gasteiger partial charge on any atom is 0.341 e. The zero-order valence-corrected chi connectivity index (χ0v) is 12.0. The largest absolute Gasteiger partial charge is 0.482 e. The van der Waals surface area contributed by atoms with Crippen LogP contribution in [0.3, 0.4) is 0 Å². The van der Waals surface area contributed by atoms with E-state index in [1.165, 1.54) is 12.8 Å². The first-order valence-electron chi connectivity index (χ1n) is 7.30. The summed E-state index contributed by atoms with van der Waals surface area (Å²) < 4.78 is 5.11. The van der Waals surface area contributed by atoms with Gasteiger partial charge in [-0.3, -0.25) is 4.79 Å². The highest BCUT2D eigenvalue weighted by Crippen LogP contribution is 2.54. The highest BCUT2D eigenvalue weighted by molar-refractivity contribution is 5.95. The first-order valence-corrected chi connectivity index (χ1v) is 7.30. The first kappa shape index (κ1) is 13.9. The van der Waals surface area contributed by atoms with E-state index in [1.54, 1.807) is 18.2 Å². The minimum atomic E-state index is -1.01. The fraction of sp³-hybridized carbons (Fsp3) is 0.500. The molecule has 0 heterocycles. The van der Waals surface area contributed by atoms with Gasteiger partial charge in [0, 0.05) is 11.6 Å². The molecular formula is C16H19NO4. The van der Waals surface area contributed by atoms with E-state index in [9.17, 15) is 9.59 Å². The van der Waals surface area contributed by atoms with E-state index in [0.29, 0.717) is 11.7 Å². The summed E-state index contributed by atoms with van der Waals surface area (Å²) in [6.45, 7) is 1.50. The average molecular weight is 289 g/mol. The minimum Gasteiger partial charge on any atom is -0.482 e. The molecule has 0 bridgehead atoms. The summed E-state index contributed by atoms with van der Waals surface area (Å²) in [6.07, 6.45) is 3.58. The van der Waals surface area contributed by atoms with Crippen LogP contribution in [0.25, 0.3) is 0 Å². The molecule has 1 aromatic carbocycles. The summed E-state index contributed by atoms with van der Waals surface area (Å²) in [5.74, 6) is 1.16. The van der Waals surface area contributed by atoms with Gasteiger partial charge in [0.15, 0.2) is 6.61 Å². The lowest BCUT2D eigenvalue weighted by Gasteiger charge is -2.10. The number of aryl methyl sites for hydroxylation is 1. The predicted molar refractivity (Wildman–Crippen MR) is 77.3 cm³/mol. The summed E-state index contributed by atoms with van der Waals surface area (Å²) in [6, 6.07) is 5.18. The molecule has 112 valence electrons. The standard InChI is InChI=1S/C16H19NO4/c1-9-6-11(21-8-15(18)19)4-5-14(9)17-16(20)13-7-12(13)10-2-3-10/h4-6,10,12-13H,2-3,7-8H2,1H3,(H,17,20)(H,18,19). The SMILES string of the molecule is Cc1cc(OCC(=O)O)ccc1NC(=O)C1CC1C1CC1. The van der Waals surface area contributed by atoms with Crippen LogP contribution in [-0.4, -0.2) is 23.6 Å². The third-order valence-corrected chi connectivity index (χ3v) is 4.22. The van der Waals surface area contributed by atoms with Crippen LogP contribution in [0.5, 0.6) is 5.75 Å². The van der Waals surface area contributed by atoms with Crippen molar-refractivity contribution in [1.82, 2.24) is 0 Å². The number of carboxylic acid groups (broad SMARTS) is 1. The van der Waals surface area contributed by atoms with Gasteiger partial charge in [0.05, 0.1) is 0 Å². The monoisotopic (exact) mass is 289 g/mol. The maximum absolute atomic E-state index is 12.1. The Morgan fingerprint density at radius 1 is 1.38 bits per heavy atom. The van der Waals surface area contributed by atoms with Gasteiger partial charge >= 0.3 is 5.97 Å². The molecule has 2 saturated carbocycles. The molecule has 2 unspecified atom stereocenters. The molecule has 2 aliphatic carbocycles. The Labute approximate surface area is 123 Å². The third kappa shape index (κ3) is 3.35. The molecule has 0 saturated heterocycles. The number of rotatable bonds is 6. The van der Waals surface area contributed by atoms with Gasteiger partial charge in [-0.15, -0.1) is 0 Å². The van der Waals surface area contributed by atoms with Crippen molar-refractivity contribution in [3.8, 4) is 5.75 Å². The zero-order valence-electron chi connectivity index (χ0n) is 12.0. The molecular weight excluding hydrogens is 270 g/mol. The van der Waals surface area contributed by atoms with Gasteiger partial charge in [0.2, 0.25) is 5.91 Å². The highest BCUT2D eigenvalue weighted by Gasteiger charge is 2.51. The van der Waals surface area contributed by atoms with E-state index < -0.39 is 5.97 Å². The van der Waals surface area contributed by atoms with Crippen molar-refractivity contribution in [1.29, 1.82) is 0 Å². The van der Waals surface area contributed by atoms with Gasteiger partial charge in [0.25, 0.3) is 0 Å². The van der Waals surface area contributed by atoms with E-state index in [4.69, 9.17) is 9.84 Å². The molecule has 0 radical (unpaired) electrons. The summed E-state index contributed by atoms with van der Waals surface area (Å²) in [5, 5.41) is 11.5. The molecule has 0 aromatic heterocycles. The van der Waals surface area contributed by atoms with Crippen LogP contribution in [-0.2, 0) is 9.59 Å². The number of hydrogen-bond acceptors (Lipinski definition) is 3. The molecule has 1 amide bonds. The van der Waals surface area contributed by atoms with Crippen LogP contribution in [0.2, 0.25) is 0 Å². The Morgan fingerprint density at radius 3 is 2.76 bits per heavy atom. The van der Waals surface area contributed by atoms with Gasteiger partial charge < -0.3 is 15.2 Å². The van der Waals surface area contributed by atoms with Crippen LogP contribution < -0.4 is 10.1 Å². The smallest absolute Gasteiger partial charge is 0.341 e. The van der Waals surface area contributed by atoms with Crippen molar-refractivity contribution >= 4 is 17.6 Å². The summed E-state index contributed by atoms with van der Waals surface area (Å²) in [4.78, 5) is 22.6. The maximum atomic E-state index is 12.1. The summed E-state index contributed by atoms with van der Waals surface area (Å²) in [5.41, 5.74) is 1.64. The molecule has 21 heavy (non-hydrogen) atoms. The lowest BCUT2D eigenvalue weighted by Crippen LogP contribution is -2.16. The number of amides is 1. The minimum absolute atomic E-state index is 0.106. The molecule has 2 aliphatic rings. The molecule has 2 atom stereocenters. The van der Waals surface area contributed by atoms with Crippen molar-refractivity contribution in [3.05, 3.63) is 23.8 Å². The van der Waals surface area contributed by atoms with Gasteiger partial charge in [-0.1, -0.05) is 0 Å². The Bertz CT molecular complexity index is 580. The van der Waals surface area contributed by atoms with Crippen molar-refractivity contribution in [2.45, 2.75) is 26.2 Å². The van der Waals surface area contributed by atoms with E-state index in [0.717, 1.165) is 23.6 Å². The van der Waals surface area contributed by atoms with Crippen LogP contribution in [0.4, 0.5) is 5.69 Å². The molecule has 0 spiro atoms. The number of aliphatic carboxylic acids is 1. The van der Waals surface area contributed by atoms with Crippen LogP contribution >= 0.6 is 0 Å². The van der Waals surface area contributed by atoms with Gasteiger partial charge in [-0.25, -0.2) is 4.79 Å². The number of hydrogen-bond donors (Lipinski definition) is 2. The quantitative estimate of drug-likeness (QED) is 0.843. The normalized spacial score (nSPS) is 23.5. The zero-order chi connectivity index (χ0) is 15.0. The second-order valence-electron chi connectivity index (χ2n) is 5.99. The Morgan fingerprint density at radius 2 is 2.14 bits per heavy atom. The Kier molecular flexibility index (Phi) is 3.57. The molecule has 0 aliphatic heterocycles. The van der Waals surface area contributed by atoms with Crippen molar-refractivity contribution in [2.24, 2.45) is 17.8 Å². The second kappa shape index (κ2) is 5.39. The molecule has 1 aromatic rings. The van der Waals surface area contributed by atoms with E-state index in [1.807, 2.05) is 6.92 Å². The highest BCUT2D eigenvalue weighted by atomic mass is 16.5. The van der Waals surface area contributed by atoms with E-state index in [-0.39, 0.29) is 18.4 Å². The van der Waals surface area contributed by atoms with Crippen molar-refractivity contribution in [3.63, 3.8) is 0 Å². The Hall–Kier alpha value is -2.04. The van der Waals surface area contributed by atoms with Gasteiger partial charge in [-0.2, -0.15) is 0 Å². The fourth-order valence-electron chi connectivity index (χ4n) is 2.80. The molecule has 2 fully saturated rings. The number of nitrogens with one attached hydrogen (secondary N) is 1. The number of benzene rings is 1. The predicted octanol–water partition coefficient (Wildman–Crippen LogP) is 2.44. The average Bonchev–Trinajstić information content (AvgIpc) is 3.28. The van der Waals surface area contributed by atoms with Crippen molar-refractivity contribution in [2.75, 3.05) is 11.9 Å². The van der Waals surface area contributed by atoms with E-state index in [2.05, 4.69) is 5.32 Å². The van der Waals surface area contributed by atoms with Crippen LogP contribution in [0.1, 0.15) is 24.8 Å². The number of carboxylic acids is 1. The lowest BCUT2D eigenvalue weighted by molar-refractivity contribution is -0.139. The third-order valence-electron chi connectivity index (χ3n) is 4.22. The molecule has 5 nitrogen and oxygen atoms in total. The number of carbonyl (C=O) groups is 2. The topological polar surface area (TPSA) is 75.6 Å². The Balaban J connectivity index is 1.57. The lowest BCUT2D eigenvalue weighted by atomic mass is 10.1. The summed E-state index contributed by atoms with van der Waals surface area (Å²) in [7, 11) is 0. The summed E-state index contributed by atoms with van der Waals surface area (Å²) >= 11 is 0. The van der Waals surface area contributed by atoms with Gasteiger partial charge in [-0.05, 0) is 61.8 Å². The number of anilines is 1. The molecule has 5 heteroatoms. The van der Waals surface area contributed by atoms with E-state index >= 15 is 0 Å². The fourth-order valence-corrected chi connectivity index (χ4v) is 2.80. The first-order chi connectivity index (χ1) is 10.0. The number of ether oxygens (including phenoxy) is 1. The van der Waals surface area contributed by atoms with Crippen LogP contribution in [0, 0.1) is 24.7 Å². The van der Waals surface area contributed by atoms with Gasteiger partial charge in [0.1, 0.15) is 5.75 Å².